The van der Waals surface area contributed by atoms with Crippen molar-refractivity contribution in [2.24, 2.45) is 5.41 Å². The summed E-state index contributed by atoms with van der Waals surface area (Å²) in [6.07, 6.45) is 6.85. The molecule has 1 saturated carbocycles. The minimum absolute atomic E-state index is 0.00427. The fraction of sp³-hybridized carbons (Fsp3) is 0.923. The fourth-order valence-corrected chi connectivity index (χ4v) is 2.64. The van der Waals surface area contributed by atoms with Crippen molar-refractivity contribution in [3.63, 3.8) is 0 Å². The first-order valence-electron chi connectivity index (χ1n) is 6.80. The Balaban J connectivity index is 1.67. The molecule has 4 heteroatoms. The van der Waals surface area contributed by atoms with Crippen molar-refractivity contribution in [3.8, 4) is 0 Å². The molecule has 4 nitrogen and oxygen atoms in total. The molecule has 1 heterocycles. The largest absolute Gasteiger partial charge is 0.381 e. The molecule has 0 radical (unpaired) electrons. The SMILES string of the molecule is CC1(CNC(=O)NC2CCCC2)CCOCC1. The third kappa shape index (κ3) is 3.87. The summed E-state index contributed by atoms with van der Waals surface area (Å²) in [6.45, 7) is 4.63. The summed E-state index contributed by atoms with van der Waals surface area (Å²) < 4.78 is 5.35. The molecule has 0 aromatic carbocycles. The van der Waals surface area contributed by atoms with Gasteiger partial charge in [-0.1, -0.05) is 19.8 Å². The number of carbonyl (C=O) groups excluding carboxylic acids is 1. The molecule has 2 amide bonds. The molecule has 98 valence electrons. The molecule has 0 aromatic rings. The predicted octanol–water partition coefficient (Wildman–Crippen LogP) is 2.04. The van der Waals surface area contributed by atoms with E-state index in [0.29, 0.717) is 6.04 Å². The number of ether oxygens (including phenoxy) is 1. The molecule has 0 bridgehead atoms. The average Bonchev–Trinajstić information content (AvgIpc) is 2.80. The lowest BCUT2D eigenvalue weighted by Crippen LogP contribution is -2.46. The standard InChI is InChI=1S/C13H24N2O2/c1-13(6-8-17-9-7-13)10-14-12(16)15-11-4-2-3-5-11/h11H,2-10H2,1H3,(H2,14,15,16). The predicted molar refractivity (Wildman–Crippen MR) is 67.0 cm³/mol. The number of hydrogen-bond donors (Lipinski definition) is 2. The maximum Gasteiger partial charge on any atom is 0.315 e. The zero-order valence-electron chi connectivity index (χ0n) is 10.8. The first-order chi connectivity index (χ1) is 8.18. The van der Waals surface area contributed by atoms with Crippen LogP contribution in [0, 0.1) is 5.41 Å². The molecule has 2 fully saturated rings. The summed E-state index contributed by atoms with van der Waals surface area (Å²) >= 11 is 0. The number of amides is 2. The van der Waals surface area contributed by atoms with Crippen molar-refractivity contribution < 1.29 is 9.53 Å². The molecule has 2 N–H and O–H groups in total. The van der Waals surface area contributed by atoms with Gasteiger partial charge in [-0.25, -0.2) is 4.79 Å². The summed E-state index contributed by atoms with van der Waals surface area (Å²) in [6, 6.07) is 0.405. The molecule has 2 aliphatic rings. The fourth-order valence-electron chi connectivity index (χ4n) is 2.64. The van der Waals surface area contributed by atoms with E-state index in [0.717, 1.165) is 45.4 Å². The molecule has 1 aliphatic heterocycles. The van der Waals surface area contributed by atoms with Crippen LogP contribution in [0.1, 0.15) is 45.4 Å². The Hall–Kier alpha value is -0.770. The minimum Gasteiger partial charge on any atom is -0.381 e. The maximum atomic E-state index is 11.7. The average molecular weight is 240 g/mol. The van der Waals surface area contributed by atoms with E-state index in [9.17, 15) is 4.79 Å². The quantitative estimate of drug-likeness (QED) is 0.793. The molecule has 0 spiro atoms. The van der Waals surface area contributed by atoms with Gasteiger partial charge in [0.25, 0.3) is 0 Å². The van der Waals surface area contributed by atoms with Crippen LogP contribution < -0.4 is 10.6 Å². The van der Waals surface area contributed by atoms with Crippen LogP contribution >= 0.6 is 0 Å². The highest BCUT2D eigenvalue weighted by molar-refractivity contribution is 5.74. The van der Waals surface area contributed by atoms with Gasteiger partial charge < -0.3 is 15.4 Å². The number of carbonyl (C=O) groups is 1. The van der Waals surface area contributed by atoms with Gasteiger partial charge in [-0.05, 0) is 31.1 Å². The van der Waals surface area contributed by atoms with Crippen LogP contribution in [0.3, 0.4) is 0 Å². The summed E-state index contributed by atoms with van der Waals surface area (Å²) in [5, 5.41) is 6.07. The van der Waals surface area contributed by atoms with E-state index in [2.05, 4.69) is 17.6 Å². The Bertz CT molecular complexity index is 256. The third-order valence-corrected chi connectivity index (χ3v) is 4.07. The van der Waals surface area contributed by atoms with Crippen LogP contribution in [0.4, 0.5) is 4.79 Å². The number of rotatable bonds is 3. The van der Waals surface area contributed by atoms with Crippen molar-refractivity contribution in [2.45, 2.75) is 51.5 Å². The van der Waals surface area contributed by atoms with Crippen LogP contribution in [-0.4, -0.2) is 31.8 Å². The Morgan fingerprint density at radius 2 is 1.94 bits per heavy atom. The van der Waals surface area contributed by atoms with Gasteiger partial charge in [0.2, 0.25) is 0 Å². The Kier molecular flexibility index (Phi) is 4.26. The number of nitrogens with one attached hydrogen (secondary N) is 2. The molecular weight excluding hydrogens is 216 g/mol. The van der Waals surface area contributed by atoms with E-state index in [1.165, 1.54) is 12.8 Å². The first kappa shape index (κ1) is 12.7. The highest BCUT2D eigenvalue weighted by Gasteiger charge is 2.28. The van der Waals surface area contributed by atoms with Crippen molar-refractivity contribution in [1.82, 2.24) is 10.6 Å². The molecule has 2 rings (SSSR count). The molecule has 0 unspecified atom stereocenters. The Morgan fingerprint density at radius 3 is 2.59 bits per heavy atom. The summed E-state index contributed by atoms with van der Waals surface area (Å²) in [5.41, 5.74) is 0.214. The van der Waals surface area contributed by atoms with Crippen molar-refractivity contribution >= 4 is 6.03 Å². The highest BCUT2D eigenvalue weighted by atomic mass is 16.5. The normalized spacial score (nSPS) is 24.5. The van der Waals surface area contributed by atoms with Crippen molar-refractivity contribution in [3.05, 3.63) is 0 Å². The summed E-state index contributed by atoms with van der Waals surface area (Å²) in [4.78, 5) is 11.7. The topological polar surface area (TPSA) is 50.4 Å². The van der Waals surface area contributed by atoms with Crippen molar-refractivity contribution in [2.75, 3.05) is 19.8 Å². The van der Waals surface area contributed by atoms with Crippen LogP contribution in [0.2, 0.25) is 0 Å². The minimum atomic E-state index is 0.00427. The van der Waals surface area contributed by atoms with E-state index in [1.807, 2.05) is 0 Å². The summed E-state index contributed by atoms with van der Waals surface area (Å²) in [5.74, 6) is 0. The number of hydrogen-bond acceptors (Lipinski definition) is 2. The van der Waals surface area contributed by atoms with Crippen LogP contribution in [0.5, 0.6) is 0 Å². The second-order valence-corrected chi connectivity index (χ2v) is 5.73. The molecule has 0 atom stereocenters. The van der Waals surface area contributed by atoms with Gasteiger partial charge in [0.15, 0.2) is 0 Å². The monoisotopic (exact) mass is 240 g/mol. The van der Waals surface area contributed by atoms with Gasteiger partial charge in [-0.2, -0.15) is 0 Å². The second kappa shape index (κ2) is 5.71. The molecule has 0 aromatic heterocycles. The van der Waals surface area contributed by atoms with Gasteiger partial charge in [0.1, 0.15) is 0 Å². The maximum absolute atomic E-state index is 11.7. The van der Waals surface area contributed by atoms with Gasteiger partial charge in [0.05, 0.1) is 0 Å². The van der Waals surface area contributed by atoms with E-state index in [-0.39, 0.29) is 11.4 Å². The smallest absolute Gasteiger partial charge is 0.315 e. The van der Waals surface area contributed by atoms with Crippen LogP contribution in [0.25, 0.3) is 0 Å². The molecule has 1 saturated heterocycles. The van der Waals surface area contributed by atoms with Gasteiger partial charge in [-0.15, -0.1) is 0 Å². The zero-order valence-corrected chi connectivity index (χ0v) is 10.8. The Morgan fingerprint density at radius 1 is 1.29 bits per heavy atom. The molecule has 17 heavy (non-hydrogen) atoms. The van der Waals surface area contributed by atoms with Crippen molar-refractivity contribution in [1.29, 1.82) is 0 Å². The van der Waals surface area contributed by atoms with Gasteiger partial charge >= 0.3 is 6.03 Å². The highest BCUT2D eigenvalue weighted by Crippen LogP contribution is 2.28. The first-order valence-corrected chi connectivity index (χ1v) is 6.80. The second-order valence-electron chi connectivity index (χ2n) is 5.73. The zero-order chi connectivity index (χ0) is 12.1. The van der Waals surface area contributed by atoms with E-state index < -0.39 is 0 Å². The van der Waals surface area contributed by atoms with Crippen LogP contribution in [-0.2, 0) is 4.74 Å². The van der Waals surface area contributed by atoms with E-state index in [4.69, 9.17) is 4.74 Å². The summed E-state index contributed by atoms with van der Waals surface area (Å²) in [7, 11) is 0. The van der Waals surface area contributed by atoms with Crippen LogP contribution in [0.15, 0.2) is 0 Å². The molecule has 1 aliphatic carbocycles. The lowest BCUT2D eigenvalue weighted by molar-refractivity contribution is 0.0252. The van der Waals surface area contributed by atoms with Gasteiger partial charge in [0, 0.05) is 25.8 Å². The molecular formula is C13H24N2O2. The lowest BCUT2D eigenvalue weighted by Gasteiger charge is -2.33. The third-order valence-electron chi connectivity index (χ3n) is 4.07. The van der Waals surface area contributed by atoms with E-state index >= 15 is 0 Å². The lowest BCUT2D eigenvalue weighted by atomic mass is 9.82. The Labute approximate surface area is 103 Å². The van der Waals surface area contributed by atoms with Gasteiger partial charge in [-0.3, -0.25) is 0 Å². The van der Waals surface area contributed by atoms with E-state index in [1.54, 1.807) is 0 Å². The number of urea groups is 1.